The van der Waals surface area contributed by atoms with Gasteiger partial charge in [-0.25, -0.2) is 0 Å². The first-order valence-electron chi connectivity index (χ1n) is 39.9. The smallest absolute Gasteiger partial charge is 0.456 e. The van der Waals surface area contributed by atoms with Gasteiger partial charge >= 0.3 is 7.12 Å². The SMILES string of the molecule is CC1(C)c2cc(-c3c4ccccc4c(-c4cccc(-c5cccc6ccccc56)c4)c4ccccc34)ccc2-c2c1c1oc3ccccc3c1c1ccccc21.CC1(C)c2cc(Br)ccc2-c2c1c1oc3ccccc3c1c1ccccc21.OB(O)c1c2ccccc2c(-c2cccc(-c3cccc4ccccc34)c2)c2ccccc12. The molecule has 2 heterocycles. The third-order valence-corrected chi connectivity index (χ3v) is 25.7. The molecule has 2 N–H and O–H groups in total. The van der Waals surface area contributed by atoms with Crippen molar-refractivity contribution in [3.63, 3.8) is 0 Å². The van der Waals surface area contributed by atoms with Crippen LogP contribution in [0.2, 0.25) is 0 Å². The predicted octanol–water partition coefficient (Wildman–Crippen LogP) is 29.5. The predicted molar refractivity (Wildman–Crippen MR) is 494 cm³/mol. The van der Waals surface area contributed by atoms with Crippen LogP contribution < -0.4 is 5.46 Å². The Morgan fingerprint density at radius 3 is 0.966 bits per heavy atom. The van der Waals surface area contributed by atoms with Crippen molar-refractivity contribution in [3.05, 3.63) is 391 Å². The minimum Gasteiger partial charge on any atom is -0.456 e. The molecule has 0 bridgehead atoms. The normalized spacial score (nSPS) is 13.1. The van der Waals surface area contributed by atoms with E-state index in [0.717, 1.165) is 65.0 Å². The lowest BCUT2D eigenvalue weighted by molar-refractivity contribution is 0.426. The molecule has 0 fully saturated rings. The van der Waals surface area contributed by atoms with Crippen molar-refractivity contribution in [3.8, 4) is 77.9 Å². The van der Waals surface area contributed by atoms with Gasteiger partial charge in [-0.15, -0.1) is 0 Å². The highest BCUT2D eigenvalue weighted by Crippen LogP contribution is 2.59. The molecule has 116 heavy (non-hydrogen) atoms. The maximum atomic E-state index is 10.2. The van der Waals surface area contributed by atoms with Crippen LogP contribution >= 0.6 is 15.9 Å². The number of halogens is 1. The van der Waals surface area contributed by atoms with Crippen molar-refractivity contribution in [2.75, 3.05) is 0 Å². The Morgan fingerprint density at radius 1 is 0.250 bits per heavy atom. The molecular weight excluding hydrogens is 1480 g/mol. The van der Waals surface area contributed by atoms with Crippen LogP contribution in [0.3, 0.4) is 0 Å². The largest absolute Gasteiger partial charge is 0.489 e. The zero-order valence-corrected chi connectivity index (χ0v) is 65.9. The number of fused-ring (bicyclic) bond motifs is 26. The average Bonchev–Trinajstić information content (AvgIpc) is 1.53. The lowest BCUT2D eigenvalue weighted by atomic mass is 9.72. The van der Waals surface area contributed by atoms with Gasteiger partial charge in [0.15, 0.2) is 0 Å². The summed E-state index contributed by atoms with van der Waals surface area (Å²) in [5.41, 5.74) is 26.6. The van der Waals surface area contributed by atoms with Crippen molar-refractivity contribution < 1.29 is 18.9 Å². The molecule has 0 saturated carbocycles. The van der Waals surface area contributed by atoms with Crippen LogP contribution in [-0.2, 0) is 10.8 Å². The van der Waals surface area contributed by atoms with Gasteiger partial charge in [-0.2, -0.15) is 0 Å². The maximum absolute atomic E-state index is 10.2. The van der Waals surface area contributed by atoms with Gasteiger partial charge in [-0.1, -0.05) is 365 Å². The summed E-state index contributed by atoms with van der Waals surface area (Å²) < 4.78 is 14.4. The molecule has 6 heteroatoms. The molecule has 4 nitrogen and oxygen atoms in total. The van der Waals surface area contributed by atoms with Crippen molar-refractivity contribution in [1.29, 1.82) is 0 Å². The van der Waals surface area contributed by atoms with E-state index in [2.05, 4.69) is 365 Å². The van der Waals surface area contributed by atoms with E-state index in [-0.39, 0.29) is 10.8 Å². The highest BCUT2D eigenvalue weighted by molar-refractivity contribution is 9.10. The van der Waals surface area contributed by atoms with Gasteiger partial charge in [0.1, 0.15) is 22.3 Å². The number of furan rings is 2. The summed E-state index contributed by atoms with van der Waals surface area (Å²) in [4.78, 5) is 0. The zero-order valence-electron chi connectivity index (χ0n) is 64.3. The third kappa shape index (κ3) is 10.6. The Labute approximate surface area is 679 Å². The van der Waals surface area contributed by atoms with Crippen molar-refractivity contribution in [2.45, 2.75) is 38.5 Å². The highest BCUT2D eigenvalue weighted by atomic mass is 79.9. The Hall–Kier alpha value is -13.5. The molecule has 0 atom stereocenters. The summed E-state index contributed by atoms with van der Waals surface area (Å²) in [6.07, 6.45) is 0. The first kappa shape index (κ1) is 69.3. The fourth-order valence-electron chi connectivity index (χ4n) is 20.2. The highest BCUT2D eigenvalue weighted by Gasteiger charge is 2.43. The van der Waals surface area contributed by atoms with E-state index in [4.69, 9.17) is 8.83 Å². The molecule has 0 radical (unpaired) electrons. The van der Waals surface area contributed by atoms with Crippen LogP contribution in [0.25, 0.3) is 208 Å². The Kier molecular flexibility index (Phi) is 16.0. The molecule has 2 aliphatic rings. The standard InChI is InChI=1S/C55H36O.C30H21BO2.C25H17BrO/c1-55(2)47-32-36(29-30-45(47)51-43-24-9-10-25-44(43)52-46-26-11-12-28-48(46)56-54(52)53(51)55)50-41-22-7-5-20-39(41)49(40-21-6-8-23-42(40)50)35-18-13-17-34(31-35)38-27-14-16-33-15-3-4-19-37(33)38;32-31(33)30-27-16-5-3-14-25(27)29(26-15-4-6-17-28(26)30)22-12-7-11-21(19-22)24-18-8-10-20-9-1-2-13-23(20)24;1-25(2)19-13-14(26)11-12-17(19)21-15-7-3-4-8-16(15)22-18-9-5-6-10-20(18)27-24(22)23(21)25/h3-32H,1-2H3;1-19,32-33H;3-13H,1-2H3. The molecule has 24 rings (SSSR count). The molecular formula is C110H74BBrO4. The van der Waals surface area contributed by atoms with Crippen LogP contribution in [0.15, 0.2) is 377 Å². The first-order chi connectivity index (χ1) is 56.8. The summed E-state index contributed by atoms with van der Waals surface area (Å²) >= 11 is 3.67. The van der Waals surface area contributed by atoms with E-state index in [1.807, 2.05) is 42.5 Å². The molecule has 548 valence electrons. The minimum absolute atomic E-state index is 0.120. The van der Waals surface area contributed by atoms with E-state index < -0.39 is 7.12 Å². The number of hydrogen-bond acceptors (Lipinski definition) is 4. The fraction of sp³-hybridized carbons (Fsp3) is 0.0545. The molecule has 0 saturated heterocycles. The molecule has 2 aromatic heterocycles. The summed E-state index contributed by atoms with van der Waals surface area (Å²) in [5, 5.41) is 44.1. The van der Waals surface area contributed by atoms with E-state index >= 15 is 0 Å². The second-order valence-electron chi connectivity index (χ2n) is 32.2. The lowest BCUT2D eigenvalue weighted by Gasteiger charge is -2.23. The summed E-state index contributed by atoms with van der Waals surface area (Å²) in [5.74, 6) is 0. The summed E-state index contributed by atoms with van der Waals surface area (Å²) in [7, 11) is -1.55. The molecule has 22 aromatic rings. The van der Waals surface area contributed by atoms with E-state index in [1.165, 1.54) is 170 Å². The molecule has 0 aliphatic heterocycles. The van der Waals surface area contributed by atoms with Gasteiger partial charge in [0, 0.05) is 48.0 Å². The molecule has 2 aliphatic carbocycles. The first-order valence-corrected chi connectivity index (χ1v) is 40.7. The quantitative estimate of drug-likeness (QED) is 0.129. The third-order valence-electron chi connectivity index (χ3n) is 25.2. The van der Waals surface area contributed by atoms with Crippen LogP contribution in [0.5, 0.6) is 0 Å². The van der Waals surface area contributed by atoms with Crippen LogP contribution in [0, 0.1) is 0 Å². The second kappa shape index (κ2) is 26.8. The fourth-order valence-corrected chi connectivity index (χ4v) is 20.5. The number of rotatable bonds is 6. The van der Waals surface area contributed by atoms with Crippen molar-refractivity contribution in [1.82, 2.24) is 0 Å². The molecule has 20 aromatic carbocycles. The Balaban J connectivity index is 0.000000115. The monoisotopic (exact) mass is 1550 g/mol. The van der Waals surface area contributed by atoms with Gasteiger partial charge < -0.3 is 18.9 Å². The van der Waals surface area contributed by atoms with Crippen LogP contribution in [0.1, 0.15) is 49.9 Å². The molecule has 0 unspecified atom stereocenters. The number of benzene rings is 20. The van der Waals surface area contributed by atoms with Gasteiger partial charge in [0.2, 0.25) is 0 Å². The maximum Gasteiger partial charge on any atom is 0.489 e. The van der Waals surface area contributed by atoms with Crippen molar-refractivity contribution >= 4 is 159 Å². The minimum atomic E-state index is -1.55. The van der Waals surface area contributed by atoms with Crippen LogP contribution in [-0.4, -0.2) is 17.2 Å². The van der Waals surface area contributed by atoms with Crippen LogP contribution in [0.4, 0.5) is 0 Å². The van der Waals surface area contributed by atoms with Gasteiger partial charge in [-0.3, -0.25) is 0 Å². The van der Waals surface area contributed by atoms with E-state index in [0.29, 0.717) is 5.46 Å². The molecule has 0 amide bonds. The van der Waals surface area contributed by atoms with E-state index in [1.54, 1.807) is 0 Å². The van der Waals surface area contributed by atoms with Gasteiger partial charge in [0.05, 0.1) is 0 Å². The van der Waals surface area contributed by atoms with Gasteiger partial charge in [-0.05, 0) is 223 Å². The Morgan fingerprint density at radius 2 is 0.552 bits per heavy atom. The summed E-state index contributed by atoms with van der Waals surface area (Å²) in [6, 6.07) is 130. The number of hydrogen-bond donors (Lipinski definition) is 2. The molecule has 0 spiro atoms. The zero-order chi connectivity index (χ0) is 77.8. The lowest BCUT2D eigenvalue weighted by Crippen LogP contribution is -2.31. The topological polar surface area (TPSA) is 66.7 Å². The van der Waals surface area contributed by atoms with E-state index in [9.17, 15) is 10.0 Å². The number of para-hydroxylation sites is 2. The summed E-state index contributed by atoms with van der Waals surface area (Å²) in [6.45, 7) is 9.38. The van der Waals surface area contributed by atoms with Crippen molar-refractivity contribution in [2.24, 2.45) is 0 Å². The van der Waals surface area contributed by atoms with Gasteiger partial charge in [0.25, 0.3) is 0 Å². The average molecular weight is 1550 g/mol. The second-order valence-corrected chi connectivity index (χ2v) is 33.1. The Bertz CT molecular complexity index is 7790.